The summed E-state index contributed by atoms with van der Waals surface area (Å²) in [5, 5.41) is 15.3. The van der Waals surface area contributed by atoms with E-state index in [1.165, 1.54) is 6.20 Å². The number of primary amides is 1. The van der Waals surface area contributed by atoms with Crippen LogP contribution in [0.25, 0.3) is 0 Å². The molecule has 0 radical (unpaired) electrons. The van der Waals surface area contributed by atoms with Gasteiger partial charge in [-0.05, 0) is 49.9 Å². The van der Waals surface area contributed by atoms with Crippen LogP contribution in [0.15, 0.2) is 45.9 Å². The number of nitrogens with two attached hydrogens (primary N) is 2. The van der Waals surface area contributed by atoms with Crippen LogP contribution >= 0.6 is 0 Å². The van der Waals surface area contributed by atoms with Crippen molar-refractivity contribution < 1.29 is 39.6 Å². The van der Waals surface area contributed by atoms with Crippen molar-refractivity contribution in [3.63, 3.8) is 0 Å². The summed E-state index contributed by atoms with van der Waals surface area (Å²) in [6.07, 6.45) is -2.50. The molecule has 1 unspecified atom stereocenters. The van der Waals surface area contributed by atoms with Crippen LogP contribution < -0.4 is 22.1 Å². The molecule has 1 amide bonds. The first-order chi connectivity index (χ1) is 18.0. The molecule has 1 aromatic carbocycles. The van der Waals surface area contributed by atoms with Crippen molar-refractivity contribution in [2.75, 3.05) is 6.54 Å². The minimum absolute atomic E-state index is 0.00563. The first-order valence-electron chi connectivity index (χ1n) is 11.7. The molecule has 0 bridgehead atoms. The molecule has 0 spiro atoms. The van der Waals surface area contributed by atoms with Crippen LogP contribution in [0.5, 0.6) is 0 Å². The predicted octanol–water partition coefficient (Wildman–Crippen LogP) is 3.31. The third kappa shape index (κ3) is 9.74. The van der Waals surface area contributed by atoms with E-state index < -0.39 is 44.7 Å². The van der Waals surface area contributed by atoms with Crippen LogP contribution in [0.2, 0.25) is 0 Å². The van der Waals surface area contributed by atoms with Gasteiger partial charge in [0.05, 0.1) is 34.8 Å². The number of rotatable bonds is 11. The van der Waals surface area contributed by atoms with Crippen LogP contribution in [-0.4, -0.2) is 50.5 Å². The standard InChI is InChI=1S/C23H28F6N6O3S/c24-22(25,26)9-10-33-17-4-7-19(15(11-17)12-30)34-13-14(21(32)36)1-8-20(31)35-16-2-5-18(6-3-16)39(37,38)23(27,28)29/h2-3,5-6,13,15,17,19,33-34H,1,4,7-11H2,(H2,31,35)(H2,32,36)/b14-13+/t15?,17-,19+/m1/s1. The van der Waals surface area contributed by atoms with Gasteiger partial charge in [0.2, 0.25) is 5.91 Å². The van der Waals surface area contributed by atoms with E-state index in [0.29, 0.717) is 19.3 Å². The van der Waals surface area contributed by atoms with Gasteiger partial charge >= 0.3 is 11.7 Å². The maximum atomic E-state index is 12.7. The van der Waals surface area contributed by atoms with Gasteiger partial charge < -0.3 is 22.1 Å². The zero-order chi connectivity index (χ0) is 29.4. The minimum atomic E-state index is -5.50. The number of amides is 1. The molecular formula is C23H28F6N6O3S. The second kappa shape index (κ2) is 13.2. The number of aliphatic imine (C=N–C) groups is 1. The van der Waals surface area contributed by atoms with E-state index in [4.69, 9.17) is 11.5 Å². The Balaban J connectivity index is 1.96. The van der Waals surface area contributed by atoms with E-state index in [1.54, 1.807) is 0 Å². The number of carbonyl (C=O) groups excluding carboxylic acids is 1. The highest BCUT2D eigenvalue weighted by atomic mass is 32.2. The third-order valence-corrected chi connectivity index (χ3v) is 7.52. The molecule has 0 aromatic heterocycles. The Kier molecular flexibility index (Phi) is 10.8. The lowest BCUT2D eigenvalue weighted by molar-refractivity contribution is -0.133. The Morgan fingerprint density at radius 1 is 1.10 bits per heavy atom. The Bertz CT molecular complexity index is 1210. The monoisotopic (exact) mass is 582 g/mol. The minimum Gasteiger partial charge on any atom is -0.387 e. The van der Waals surface area contributed by atoms with Crippen molar-refractivity contribution in [2.24, 2.45) is 22.4 Å². The van der Waals surface area contributed by atoms with E-state index in [0.717, 1.165) is 24.3 Å². The molecule has 39 heavy (non-hydrogen) atoms. The number of nitriles is 1. The van der Waals surface area contributed by atoms with Gasteiger partial charge in [-0.15, -0.1) is 0 Å². The van der Waals surface area contributed by atoms with Gasteiger partial charge in [0.25, 0.3) is 9.84 Å². The Labute approximate surface area is 221 Å². The molecule has 1 aliphatic rings. The molecule has 2 rings (SSSR count). The highest BCUT2D eigenvalue weighted by Gasteiger charge is 2.46. The number of halogens is 6. The number of alkyl halides is 6. The molecule has 3 atom stereocenters. The first kappa shape index (κ1) is 31.9. The summed E-state index contributed by atoms with van der Waals surface area (Å²) in [6, 6.07) is 5.13. The molecule has 9 nitrogen and oxygen atoms in total. The SMILES string of the molecule is N#CC1C[C@H](NCCC(F)(F)F)CC[C@@H]1N/C=C(\CCC(N)=Nc1ccc(S(=O)(=O)C(F)(F)F)cc1)C(N)=O. The summed E-state index contributed by atoms with van der Waals surface area (Å²) in [6.45, 7) is -0.240. The van der Waals surface area contributed by atoms with Crippen molar-refractivity contribution in [1.82, 2.24) is 10.6 Å². The summed E-state index contributed by atoms with van der Waals surface area (Å²) < 4.78 is 97.9. The quantitative estimate of drug-likeness (QED) is 0.135. The van der Waals surface area contributed by atoms with Crippen molar-refractivity contribution in [2.45, 2.75) is 67.2 Å². The van der Waals surface area contributed by atoms with Gasteiger partial charge in [0.1, 0.15) is 0 Å². The molecule has 0 saturated heterocycles. The van der Waals surface area contributed by atoms with Crippen LogP contribution in [0.4, 0.5) is 32.0 Å². The fourth-order valence-electron chi connectivity index (χ4n) is 3.91. The highest BCUT2D eigenvalue weighted by Crippen LogP contribution is 2.31. The second-order valence-corrected chi connectivity index (χ2v) is 10.9. The molecule has 1 aliphatic carbocycles. The number of carbonyl (C=O) groups is 1. The maximum Gasteiger partial charge on any atom is 0.501 e. The summed E-state index contributed by atoms with van der Waals surface area (Å²) in [4.78, 5) is 14.9. The van der Waals surface area contributed by atoms with Gasteiger partial charge in [-0.1, -0.05) is 0 Å². The van der Waals surface area contributed by atoms with Crippen LogP contribution in [0.3, 0.4) is 0 Å². The van der Waals surface area contributed by atoms with E-state index >= 15 is 0 Å². The van der Waals surface area contributed by atoms with Gasteiger partial charge in [-0.25, -0.2) is 13.4 Å². The number of sulfone groups is 1. The van der Waals surface area contributed by atoms with Gasteiger partial charge in [-0.3, -0.25) is 4.79 Å². The topological polar surface area (TPSA) is 163 Å². The summed E-state index contributed by atoms with van der Waals surface area (Å²) in [5.41, 5.74) is 6.04. The van der Waals surface area contributed by atoms with Gasteiger partial charge in [-0.2, -0.15) is 31.6 Å². The number of hydrogen-bond donors (Lipinski definition) is 4. The first-order valence-corrected chi connectivity index (χ1v) is 13.2. The number of amidine groups is 1. The van der Waals surface area contributed by atoms with E-state index in [1.807, 2.05) is 0 Å². The molecule has 6 N–H and O–H groups in total. The largest absolute Gasteiger partial charge is 0.501 e. The lowest BCUT2D eigenvalue weighted by Crippen LogP contribution is -2.44. The van der Waals surface area contributed by atoms with Crippen molar-refractivity contribution in [3.8, 4) is 6.07 Å². The molecule has 1 aromatic rings. The number of nitrogens with one attached hydrogen (secondary N) is 2. The summed E-state index contributed by atoms with van der Waals surface area (Å²) in [7, 11) is -5.50. The number of benzene rings is 1. The Morgan fingerprint density at radius 3 is 2.28 bits per heavy atom. The fraction of sp³-hybridized carbons (Fsp3) is 0.522. The molecule has 0 heterocycles. The predicted molar refractivity (Wildman–Crippen MR) is 130 cm³/mol. The molecular weight excluding hydrogens is 554 g/mol. The zero-order valence-electron chi connectivity index (χ0n) is 20.5. The van der Waals surface area contributed by atoms with E-state index in [-0.39, 0.29) is 48.6 Å². The molecule has 0 aliphatic heterocycles. The van der Waals surface area contributed by atoms with Crippen molar-refractivity contribution in [1.29, 1.82) is 5.26 Å². The van der Waals surface area contributed by atoms with Gasteiger partial charge in [0, 0.05) is 36.8 Å². The Hall–Kier alpha value is -3.32. The Morgan fingerprint density at radius 2 is 1.74 bits per heavy atom. The fourth-order valence-corrected chi connectivity index (χ4v) is 4.67. The zero-order valence-corrected chi connectivity index (χ0v) is 21.3. The van der Waals surface area contributed by atoms with E-state index in [2.05, 4.69) is 21.7 Å². The highest BCUT2D eigenvalue weighted by molar-refractivity contribution is 7.92. The molecule has 16 heteroatoms. The molecule has 1 fully saturated rings. The third-order valence-electron chi connectivity index (χ3n) is 6.02. The average molecular weight is 583 g/mol. The summed E-state index contributed by atoms with van der Waals surface area (Å²) >= 11 is 0. The van der Waals surface area contributed by atoms with E-state index in [9.17, 15) is 44.8 Å². The van der Waals surface area contributed by atoms with Crippen LogP contribution in [-0.2, 0) is 14.6 Å². The normalized spacial score (nSPS) is 21.3. The van der Waals surface area contributed by atoms with Crippen molar-refractivity contribution in [3.05, 3.63) is 36.0 Å². The number of hydrogen-bond acceptors (Lipinski definition) is 7. The van der Waals surface area contributed by atoms with Crippen LogP contribution in [0, 0.1) is 17.2 Å². The lowest BCUT2D eigenvalue weighted by atomic mass is 9.82. The molecule has 216 valence electrons. The molecule has 1 saturated carbocycles. The smallest absolute Gasteiger partial charge is 0.387 e. The second-order valence-electron chi connectivity index (χ2n) is 8.92. The van der Waals surface area contributed by atoms with Crippen molar-refractivity contribution >= 4 is 27.3 Å². The lowest BCUT2D eigenvalue weighted by Gasteiger charge is -2.33. The average Bonchev–Trinajstić information content (AvgIpc) is 2.83. The summed E-state index contributed by atoms with van der Waals surface area (Å²) in [5.74, 6) is -1.30. The van der Waals surface area contributed by atoms with Crippen LogP contribution in [0.1, 0.15) is 38.5 Å². The number of nitrogens with zero attached hydrogens (tertiary/aromatic N) is 2. The maximum absolute atomic E-state index is 12.7. The van der Waals surface area contributed by atoms with Gasteiger partial charge in [0.15, 0.2) is 0 Å².